The highest BCUT2D eigenvalue weighted by atomic mass is 32.2. The highest BCUT2D eigenvalue weighted by molar-refractivity contribution is 7.89. The summed E-state index contributed by atoms with van der Waals surface area (Å²) >= 11 is 0. The van der Waals surface area contributed by atoms with E-state index in [1.165, 1.54) is 0 Å². The zero-order valence-corrected chi connectivity index (χ0v) is 12.8. The van der Waals surface area contributed by atoms with Gasteiger partial charge in [0.1, 0.15) is 0 Å². The van der Waals surface area contributed by atoms with Crippen LogP contribution in [0.1, 0.15) is 31.0 Å². The van der Waals surface area contributed by atoms with Gasteiger partial charge in [0.05, 0.1) is 0 Å². The zero-order valence-electron chi connectivity index (χ0n) is 12.0. The zero-order chi connectivity index (χ0) is 15.1. The van der Waals surface area contributed by atoms with Crippen LogP contribution < -0.4 is 5.14 Å². The summed E-state index contributed by atoms with van der Waals surface area (Å²) in [4.78, 5) is 0. The van der Waals surface area contributed by atoms with Crippen LogP contribution in [0.4, 0.5) is 0 Å². The highest BCUT2D eigenvalue weighted by Gasteiger charge is 2.24. The molecule has 2 rings (SSSR count). The van der Waals surface area contributed by atoms with Gasteiger partial charge in [-0.15, -0.1) is 10.2 Å². The van der Waals surface area contributed by atoms with Gasteiger partial charge in [-0.1, -0.05) is 23.8 Å². The van der Waals surface area contributed by atoms with Crippen molar-refractivity contribution in [3.05, 3.63) is 29.3 Å². The number of aryl methyl sites for hydroxylation is 2. The predicted molar refractivity (Wildman–Crippen MR) is 76.7 cm³/mol. The number of nitrogens with zero attached hydrogens (tertiary/aromatic N) is 3. The molecule has 7 heteroatoms. The summed E-state index contributed by atoms with van der Waals surface area (Å²) in [5, 5.41) is 12.8. The molecule has 0 saturated heterocycles. The molecule has 2 aromatic rings. The molecule has 0 spiro atoms. The van der Waals surface area contributed by atoms with Crippen molar-refractivity contribution in [2.45, 2.75) is 38.9 Å². The van der Waals surface area contributed by atoms with E-state index >= 15 is 0 Å². The first-order valence-corrected chi connectivity index (χ1v) is 7.81. The number of rotatable bonds is 3. The van der Waals surface area contributed by atoms with E-state index in [9.17, 15) is 8.42 Å². The summed E-state index contributed by atoms with van der Waals surface area (Å²) in [6.07, 6.45) is 0. The maximum atomic E-state index is 11.6. The molecule has 0 saturated carbocycles. The molecular formula is C13H18N4O2S. The maximum Gasteiger partial charge on any atom is 0.273 e. The first-order valence-electron chi connectivity index (χ1n) is 6.27. The Kier molecular flexibility index (Phi) is 3.66. The highest BCUT2D eigenvalue weighted by Crippen LogP contribution is 2.27. The van der Waals surface area contributed by atoms with Gasteiger partial charge in [0.25, 0.3) is 15.2 Å². The lowest BCUT2D eigenvalue weighted by atomic mass is 10.1. The third kappa shape index (κ3) is 2.59. The average molecular weight is 294 g/mol. The van der Waals surface area contributed by atoms with Crippen molar-refractivity contribution in [2.75, 3.05) is 0 Å². The molecule has 0 fully saturated rings. The lowest BCUT2D eigenvalue weighted by molar-refractivity contribution is 0.524. The fourth-order valence-corrected chi connectivity index (χ4v) is 2.91. The van der Waals surface area contributed by atoms with Gasteiger partial charge in [0.2, 0.25) is 0 Å². The van der Waals surface area contributed by atoms with Crippen molar-refractivity contribution in [1.82, 2.24) is 14.8 Å². The number of sulfonamides is 1. The summed E-state index contributed by atoms with van der Waals surface area (Å²) in [5.41, 5.74) is 3.00. The predicted octanol–water partition coefficient (Wildman–Crippen LogP) is 1.79. The molecule has 1 aromatic carbocycles. The molecule has 20 heavy (non-hydrogen) atoms. The van der Waals surface area contributed by atoms with E-state index in [-0.39, 0.29) is 11.2 Å². The third-order valence-corrected chi connectivity index (χ3v) is 3.85. The van der Waals surface area contributed by atoms with Crippen molar-refractivity contribution >= 4 is 10.0 Å². The fourth-order valence-electron chi connectivity index (χ4n) is 2.18. The second-order valence-corrected chi connectivity index (χ2v) is 6.59. The maximum absolute atomic E-state index is 11.6. The van der Waals surface area contributed by atoms with E-state index in [0.29, 0.717) is 5.82 Å². The van der Waals surface area contributed by atoms with Crippen molar-refractivity contribution < 1.29 is 8.42 Å². The molecule has 0 aliphatic carbocycles. The summed E-state index contributed by atoms with van der Waals surface area (Å²) in [6, 6.07) is 5.78. The van der Waals surface area contributed by atoms with Crippen LogP contribution >= 0.6 is 0 Å². The van der Waals surface area contributed by atoms with Crippen LogP contribution in [0.3, 0.4) is 0 Å². The average Bonchev–Trinajstić information content (AvgIpc) is 2.72. The van der Waals surface area contributed by atoms with Crippen molar-refractivity contribution in [3.63, 3.8) is 0 Å². The summed E-state index contributed by atoms with van der Waals surface area (Å²) < 4.78 is 24.7. The van der Waals surface area contributed by atoms with E-state index in [1.807, 2.05) is 45.9 Å². The van der Waals surface area contributed by atoms with Crippen molar-refractivity contribution in [1.29, 1.82) is 0 Å². The minimum atomic E-state index is -3.90. The Morgan fingerprint density at radius 3 is 2.35 bits per heavy atom. The molecule has 0 atom stereocenters. The van der Waals surface area contributed by atoms with Gasteiger partial charge in [0.15, 0.2) is 5.82 Å². The Balaban J connectivity index is 2.73. The molecule has 1 heterocycles. The minimum absolute atomic E-state index is 0.117. The smallest absolute Gasteiger partial charge is 0.273 e. The molecule has 0 amide bonds. The molecule has 0 unspecified atom stereocenters. The number of primary sulfonamides is 1. The van der Waals surface area contributed by atoms with Gasteiger partial charge < -0.3 is 0 Å². The number of hydrogen-bond acceptors (Lipinski definition) is 4. The lowest BCUT2D eigenvalue weighted by Gasteiger charge is -2.14. The Morgan fingerprint density at radius 1 is 1.20 bits per heavy atom. The second kappa shape index (κ2) is 4.99. The van der Waals surface area contributed by atoms with E-state index in [1.54, 1.807) is 4.57 Å². The van der Waals surface area contributed by atoms with Gasteiger partial charge in [0, 0.05) is 11.6 Å². The monoisotopic (exact) mass is 294 g/mol. The first-order chi connectivity index (χ1) is 9.21. The number of nitrogens with two attached hydrogens (primary N) is 1. The van der Waals surface area contributed by atoms with Crippen LogP contribution in [0.15, 0.2) is 23.4 Å². The van der Waals surface area contributed by atoms with E-state index in [0.717, 1.165) is 16.7 Å². The largest absolute Gasteiger partial charge is 0.294 e. The van der Waals surface area contributed by atoms with Gasteiger partial charge >= 0.3 is 0 Å². The van der Waals surface area contributed by atoms with Crippen LogP contribution in [-0.2, 0) is 10.0 Å². The van der Waals surface area contributed by atoms with E-state index in [2.05, 4.69) is 10.2 Å². The van der Waals surface area contributed by atoms with Gasteiger partial charge in [-0.25, -0.2) is 13.6 Å². The fraction of sp³-hybridized carbons (Fsp3) is 0.385. The van der Waals surface area contributed by atoms with Crippen LogP contribution in [0.2, 0.25) is 0 Å². The Labute approximate surface area is 118 Å². The molecule has 2 N–H and O–H groups in total. The first kappa shape index (κ1) is 14.7. The SMILES string of the molecule is Cc1ccc(-c2nnc(S(N)(=O)=O)n2C(C)C)c(C)c1. The molecule has 0 aliphatic rings. The second-order valence-electron chi connectivity index (χ2n) is 5.13. The molecular weight excluding hydrogens is 276 g/mol. The molecule has 108 valence electrons. The van der Waals surface area contributed by atoms with Crippen LogP contribution in [0, 0.1) is 13.8 Å². The number of benzene rings is 1. The van der Waals surface area contributed by atoms with Gasteiger partial charge in [-0.3, -0.25) is 4.57 Å². The van der Waals surface area contributed by atoms with Gasteiger partial charge in [-0.2, -0.15) is 0 Å². The quantitative estimate of drug-likeness (QED) is 0.934. The number of aromatic nitrogens is 3. The number of hydrogen-bond donors (Lipinski definition) is 1. The topological polar surface area (TPSA) is 90.9 Å². The van der Waals surface area contributed by atoms with E-state index < -0.39 is 10.0 Å². The molecule has 1 aromatic heterocycles. The minimum Gasteiger partial charge on any atom is -0.294 e. The van der Waals surface area contributed by atoms with Crippen molar-refractivity contribution in [2.24, 2.45) is 5.14 Å². The summed E-state index contributed by atoms with van der Waals surface area (Å²) in [5.74, 6) is 0.515. The normalized spacial score (nSPS) is 12.1. The Morgan fingerprint density at radius 2 is 1.85 bits per heavy atom. The Hall–Kier alpha value is -1.73. The van der Waals surface area contributed by atoms with Gasteiger partial charge in [-0.05, 0) is 33.3 Å². The summed E-state index contributed by atoms with van der Waals surface area (Å²) in [6.45, 7) is 7.69. The molecule has 0 radical (unpaired) electrons. The molecule has 0 aliphatic heterocycles. The van der Waals surface area contributed by atoms with E-state index in [4.69, 9.17) is 5.14 Å². The molecule has 6 nitrogen and oxygen atoms in total. The van der Waals surface area contributed by atoms with Crippen molar-refractivity contribution in [3.8, 4) is 11.4 Å². The Bertz CT molecular complexity index is 748. The molecule has 0 bridgehead atoms. The lowest BCUT2D eigenvalue weighted by Crippen LogP contribution is -2.20. The third-order valence-electron chi connectivity index (χ3n) is 3.06. The van der Waals surface area contributed by atoms with Crippen LogP contribution in [-0.4, -0.2) is 23.2 Å². The standard InChI is InChI=1S/C13H18N4O2S/c1-8(2)17-12(15-16-13(17)20(14,18)19)11-6-5-9(3)7-10(11)4/h5-8H,1-4H3,(H2,14,18,19). The van der Waals surface area contributed by atoms with Crippen LogP contribution in [0.25, 0.3) is 11.4 Å². The van der Waals surface area contributed by atoms with Crippen LogP contribution in [0.5, 0.6) is 0 Å². The summed E-state index contributed by atoms with van der Waals surface area (Å²) in [7, 11) is -3.90.